The van der Waals surface area contributed by atoms with Crippen molar-refractivity contribution in [2.45, 2.75) is 12.8 Å². The maximum absolute atomic E-state index is 11.8. The van der Waals surface area contributed by atoms with E-state index in [4.69, 9.17) is 0 Å². The van der Waals surface area contributed by atoms with Crippen molar-refractivity contribution in [1.29, 1.82) is 0 Å². The molecule has 0 amide bonds. The molecule has 0 aliphatic carbocycles. The third-order valence-corrected chi connectivity index (χ3v) is 7.09. The van der Waals surface area contributed by atoms with Crippen molar-refractivity contribution < 1.29 is 5.11 Å². The molecule has 0 spiro atoms. The van der Waals surface area contributed by atoms with Crippen LogP contribution in [0.4, 0.5) is 0 Å². The van der Waals surface area contributed by atoms with E-state index in [-0.39, 0.29) is 5.92 Å². The van der Waals surface area contributed by atoms with Crippen LogP contribution in [0.5, 0.6) is 5.75 Å². The largest absolute Gasteiger partial charge is 0.507 e. The predicted molar refractivity (Wildman–Crippen MR) is 148 cm³/mol. The van der Waals surface area contributed by atoms with E-state index in [9.17, 15) is 5.11 Å². The quantitative estimate of drug-likeness (QED) is 0.284. The summed E-state index contributed by atoms with van der Waals surface area (Å²) in [5.41, 5.74) is 6.26. The number of hydrogen-bond donors (Lipinski definition) is 1. The SMILES string of the molecule is CC(c1ccccc1)c1cc(-c2cccc3ccccc23)c(O)c(-c2cccc3ccccc23)c1. The first-order valence-corrected chi connectivity index (χ1v) is 12.1. The fourth-order valence-electron chi connectivity index (χ4n) is 5.17. The summed E-state index contributed by atoms with van der Waals surface area (Å²) in [6, 6.07) is 44.3. The van der Waals surface area contributed by atoms with Crippen molar-refractivity contribution >= 4 is 21.5 Å². The molecule has 1 N–H and O–H groups in total. The molecule has 35 heavy (non-hydrogen) atoms. The average molecular weight is 451 g/mol. The van der Waals surface area contributed by atoms with Gasteiger partial charge < -0.3 is 5.11 Å². The van der Waals surface area contributed by atoms with E-state index in [0.29, 0.717) is 5.75 Å². The van der Waals surface area contributed by atoms with Crippen LogP contribution in [0.25, 0.3) is 43.8 Å². The fraction of sp³-hybridized carbons (Fsp3) is 0.0588. The number of phenols is 1. The number of benzene rings is 6. The fourth-order valence-corrected chi connectivity index (χ4v) is 5.17. The molecule has 168 valence electrons. The second kappa shape index (κ2) is 8.77. The van der Waals surface area contributed by atoms with Gasteiger partial charge in [-0.15, -0.1) is 0 Å². The van der Waals surface area contributed by atoms with Gasteiger partial charge in [0, 0.05) is 17.0 Å². The summed E-state index contributed by atoms with van der Waals surface area (Å²) in [5, 5.41) is 16.4. The van der Waals surface area contributed by atoms with Crippen LogP contribution in [0.1, 0.15) is 24.0 Å². The number of hydrogen-bond acceptors (Lipinski definition) is 1. The lowest BCUT2D eigenvalue weighted by molar-refractivity contribution is 0.479. The summed E-state index contributed by atoms with van der Waals surface area (Å²) >= 11 is 0. The summed E-state index contributed by atoms with van der Waals surface area (Å²) in [5.74, 6) is 0.501. The Morgan fingerprint density at radius 2 is 0.914 bits per heavy atom. The van der Waals surface area contributed by atoms with Gasteiger partial charge in [0.25, 0.3) is 0 Å². The van der Waals surface area contributed by atoms with E-state index < -0.39 is 0 Å². The Labute approximate surface area is 205 Å². The number of phenolic OH excluding ortho intramolecular Hbond substituents is 1. The van der Waals surface area contributed by atoms with Gasteiger partial charge in [-0.3, -0.25) is 0 Å². The van der Waals surface area contributed by atoms with E-state index in [1.807, 2.05) is 0 Å². The summed E-state index contributed by atoms with van der Waals surface area (Å²) < 4.78 is 0. The molecule has 1 heteroatoms. The maximum Gasteiger partial charge on any atom is 0.131 e. The van der Waals surface area contributed by atoms with E-state index in [1.165, 1.54) is 11.1 Å². The molecule has 0 heterocycles. The highest BCUT2D eigenvalue weighted by atomic mass is 16.3. The zero-order valence-corrected chi connectivity index (χ0v) is 19.6. The van der Waals surface area contributed by atoms with Gasteiger partial charge in [-0.05, 0) is 55.9 Å². The Morgan fingerprint density at radius 3 is 1.46 bits per heavy atom. The normalized spacial score (nSPS) is 12.1. The number of fused-ring (bicyclic) bond motifs is 2. The van der Waals surface area contributed by atoms with E-state index in [2.05, 4.69) is 134 Å². The first kappa shape index (κ1) is 21.2. The molecule has 0 bridgehead atoms. The summed E-state index contributed by atoms with van der Waals surface area (Å²) in [6.45, 7) is 2.24. The zero-order valence-electron chi connectivity index (χ0n) is 19.6. The molecule has 6 aromatic carbocycles. The standard InChI is InChI=1S/C34H26O/c1-23(24-11-3-2-4-12-24)27-21-32(30-19-9-15-25-13-5-7-17-28(25)30)34(35)33(22-27)31-20-10-16-26-14-6-8-18-29(26)31/h2-23,35H,1H3. The van der Waals surface area contributed by atoms with Gasteiger partial charge in [0.1, 0.15) is 5.75 Å². The molecule has 0 saturated carbocycles. The minimum absolute atomic E-state index is 0.180. The Kier molecular flexibility index (Phi) is 5.31. The van der Waals surface area contributed by atoms with Gasteiger partial charge in [-0.1, -0.05) is 122 Å². The number of aromatic hydroxyl groups is 1. The van der Waals surface area contributed by atoms with Crippen molar-refractivity contribution in [3.8, 4) is 28.0 Å². The molecule has 0 aliphatic heterocycles. The monoisotopic (exact) mass is 450 g/mol. The highest BCUT2D eigenvalue weighted by molar-refractivity contribution is 6.03. The molecule has 6 rings (SSSR count). The van der Waals surface area contributed by atoms with Crippen LogP contribution < -0.4 is 0 Å². The van der Waals surface area contributed by atoms with E-state index in [1.54, 1.807) is 0 Å². The average Bonchev–Trinajstić information content (AvgIpc) is 2.93. The Hall–Kier alpha value is -4.36. The van der Waals surface area contributed by atoms with Gasteiger partial charge in [-0.2, -0.15) is 0 Å². The second-order valence-corrected chi connectivity index (χ2v) is 9.15. The smallest absolute Gasteiger partial charge is 0.131 e. The maximum atomic E-state index is 11.8. The van der Waals surface area contributed by atoms with Gasteiger partial charge in [-0.25, -0.2) is 0 Å². The van der Waals surface area contributed by atoms with Gasteiger partial charge in [0.15, 0.2) is 0 Å². The van der Waals surface area contributed by atoms with Crippen molar-refractivity contribution in [3.05, 3.63) is 139 Å². The minimum atomic E-state index is 0.180. The van der Waals surface area contributed by atoms with E-state index in [0.717, 1.165) is 43.8 Å². The molecular weight excluding hydrogens is 424 g/mol. The summed E-state index contributed by atoms with van der Waals surface area (Å²) in [4.78, 5) is 0. The van der Waals surface area contributed by atoms with Crippen LogP contribution in [0.3, 0.4) is 0 Å². The molecule has 0 aromatic heterocycles. The molecule has 0 radical (unpaired) electrons. The summed E-state index contributed by atoms with van der Waals surface area (Å²) in [6.07, 6.45) is 0. The van der Waals surface area contributed by atoms with Gasteiger partial charge >= 0.3 is 0 Å². The Bertz CT molecular complexity index is 1550. The molecule has 0 fully saturated rings. The van der Waals surface area contributed by atoms with Crippen molar-refractivity contribution in [1.82, 2.24) is 0 Å². The lowest BCUT2D eigenvalue weighted by Gasteiger charge is -2.20. The molecular formula is C34H26O. The topological polar surface area (TPSA) is 20.2 Å². The first-order chi connectivity index (χ1) is 17.2. The van der Waals surface area contributed by atoms with Crippen LogP contribution in [0.15, 0.2) is 127 Å². The van der Waals surface area contributed by atoms with Gasteiger partial charge in [0.05, 0.1) is 0 Å². The molecule has 0 aliphatic rings. The van der Waals surface area contributed by atoms with Crippen molar-refractivity contribution in [2.75, 3.05) is 0 Å². The molecule has 1 nitrogen and oxygen atoms in total. The van der Waals surface area contributed by atoms with Crippen LogP contribution in [0, 0.1) is 0 Å². The predicted octanol–water partition coefficient (Wildman–Crippen LogP) is 9.18. The second-order valence-electron chi connectivity index (χ2n) is 9.15. The third-order valence-electron chi connectivity index (χ3n) is 7.09. The highest BCUT2D eigenvalue weighted by Crippen LogP contribution is 2.45. The highest BCUT2D eigenvalue weighted by Gasteiger charge is 2.19. The molecule has 6 aromatic rings. The summed E-state index contributed by atoms with van der Waals surface area (Å²) in [7, 11) is 0. The molecule has 1 atom stereocenters. The van der Waals surface area contributed by atoms with Crippen LogP contribution in [-0.2, 0) is 0 Å². The zero-order chi connectivity index (χ0) is 23.8. The van der Waals surface area contributed by atoms with Crippen molar-refractivity contribution in [3.63, 3.8) is 0 Å². The molecule has 1 unspecified atom stereocenters. The molecule has 0 saturated heterocycles. The van der Waals surface area contributed by atoms with E-state index >= 15 is 0 Å². The Morgan fingerprint density at radius 1 is 0.457 bits per heavy atom. The third kappa shape index (κ3) is 3.76. The van der Waals surface area contributed by atoms with Crippen LogP contribution in [-0.4, -0.2) is 5.11 Å². The lowest BCUT2D eigenvalue weighted by atomic mass is 9.85. The first-order valence-electron chi connectivity index (χ1n) is 12.1. The van der Waals surface area contributed by atoms with Crippen molar-refractivity contribution in [2.24, 2.45) is 0 Å². The lowest BCUT2D eigenvalue weighted by Crippen LogP contribution is -1.98. The van der Waals surface area contributed by atoms with Gasteiger partial charge in [0.2, 0.25) is 0 Å². The van der Waals surface area contributed by atoms with Crippen LogP contribution in [0.2, 0.25) is 0 Å². The minimum Gasteiger partial charge on any atom is -0.507 e. The van der Waals surface area contributed by atoms with Crippen LogP contribution >= 0.6 is 0 Å². The number of rotatable bonds is 4. The Balaban J connectivity index is 1.66.